The SMILES string of the molecule is C[C@@H](O[Si](C)(C)C)[C@H]1C(=O)N(C(C(=O)O)=P(c2ccccc2)(c2ccccc2)c2ccccc2)[C@@H]1CC(=O)c1ccc(OCCN2CCOCC2)cc1. The molecule has 0 radical (unpaired) electrons. The number of nitrogens with zero attached hydrogens (tertiary/aromatic N) is 2. The Morgan fingerprint density at radius 1 is 0.830 bits per heavy atom. The molecule has 3 atom stereocenters. The van der Waals surface area contributed by atoms with E-state index in [9.17, 15) is 19.5 Å². The number of ether oxygens (including phenoxy) is 2. The highest BCUT2D eigenvalue weighted by molar-refractivity contribution is 7.96. The van der Waals surface area contributed by atoms with Gasteiger partial charge in [-0.25, -0.2) is 4.79 Å². The van der Waals surface area contributed by atoms with Crippen LogP contribution in [0.5, 0.6) is 5.75 Å². The van der Waals surface area contributed by atoms with Crippen molar-refractivity contribution >= 4 is 54.2 Å². The molecule has 0 bridgehead atoms. The number of Topliss-reactive ketones (excluding diaryl/α,β-unsaturated/α-hetero) is 1. The number of hydrogen-bond donors (Lipinski definition) is 1. The van der Waals surface area contributed by atoms with Crippen LogP contribution in [0.1, 0.15) is 23.7 Å². The molecule has 278 valence electrons. The van der Waals surface area contributed by atoms with Gasteiger partial charge in [0.25, 0.3) is 0 Å². The number of benzene rings is 4. The zero-order valence-corrected chi connectivity index (χ0v) is 32.8. The Bertz CT molecular complexity index is 1830. The van der Waals surface area contributed by atoms with E-state index in [-0.39, 0.29) is 23.5 Å². The zero-order chi connectivity index (χ0) is 37.6. The minimum absolute atomic E-state index is 0.00984. The third-order valence-electron chi connectivity index (χ3n) is 9.83. The van der Waals surface area contributed by atoms with Gasteiger partial charge in [0.2, 0.25) is 5.91 Å². The zero-order valence-electron chi connectivity index (χ0n) is 30.9. The number of hydrogen-bond acceptors (Lipinski definition) is 7. The number of amides is 1. The number of carbonyl (C=O) groups excluding carboxylic acids is 2. The maximum atomic E-state index is 14.6. The van der Waals surface area contributed by atoms with Crippen molar-refractivity contribution in [3.63, 3.8) is 0 Å². The molecule has 1 amide bonds. The molecule has 0 aliphatic carbocycles. The first-order chi connectivity index (χ1) is 25.5. The van der Waals surface area contributed by atoms with Crippen molar-refractivity contribution < 1.29 is 33.4 Å². The van der Waals surface area contributed by atoms with Gasteiger partial charge < -0.3 is 23.9 Å². The van der Waals surface area contributed by atoms with Gasteiger partial charge in [0.05, 0.1) is 31.3 Å². The monoisotopic (exact) mass is 752 g/mol. The van der Waals surface area contributed by atoms with E-state index >= 15 is 0 Å². The van der Waals surface area contributed by atoms with Crippen molar-refractivity contribution in [2.75, 3.05) is 39.5 Å². The van der Waals surface area contributed by atoms with Gasteiger partial charge >= 0.3 is 5.97 Å². The second-order valence-corrected chi connectivity index (χ2v) is 22.3. The first kappa shape index (κ1) is 38.4. The first-order valence-electron chi connectivity index (χ1n) is 18.2. The number of ketones is 1. The van der Waals surface area contributed by atoms with Crippen LogP contribution in [0.15, 0.2) is 115 Å². The summed E-state index contributed by atoms with van der Waals surface area (Å²) in [5.74, 6) is -1.77. The van der Waals surface area contributed by atoms with E-state index in [1.807, 2.05) is 97.9 Å². The second kappa shape index (κ2) is 16.8. The van der Waals surface area contributed by atoms with Crippen molar-refractivity contribution in [3.8, 4) is 5.75 Å². The van der Waals surface area contributed by atoms with Crippen molar-refractivity contribution in [3.05, 3.63) is 121 Å². The summed E-state index contributed by atoms with van der Waals surface area (Å²) in [7, 11) is -2.12. The highest BCUT2D eigenvalue weighted by atomic mass is 31.2. The van der Waals surface area contributed by atoms with Gasteiger partial charge in [-0.05, 0) is 66.7 Å². The van der Waals surface area contributed by atoms with Gasteiger partial charge in [0.1, 0.15) is 17.8 Å². The molecule has 2 aliphatic rings. The maximum absolute atomic E-state index is 14.6. The number of carboxylic acids is 1. The van der Waals surface area contributed by atoms with Gasteiger partial charge in [-0.2, -0.15) is 0 Å². The Balaban J connectivity index is 1.42. The fourth-order valence-electron chi connectivity index (χ4n) is 7.53. The largest absolute Gasteiger partial charge is 0.492 e. The normalized spacial score (nSPS) is 18.6. The van der Waals surface area contributed by atoms with Crippen LogP contribution >= 0.6 is 6.89 Å². The molecular formula is C42H49N2O7PSi. The summed E-state index contributed by atoms with van der Waals surface area (Å²) in [5.41, 5.74) is 0.457. The fourth-order valence-corrected chi connectivity index (χ4v) is 13.1. The average Bonchev–Trinajstić information content (AvgIpc) is 3.15. The van der Waals surface area contributed by atoms with Crippen LogP contribution in [0.25, 0.3) is 0 Å². The summed E-state index contributed by atoms with van der Waals surface area (Å²) in [6.07, 6.45) is -0.583. The van der Waals surface area contributed by atoms with Crippen LogP contribution in [-0.4, -0.2) is 97.9 Å². The number of rotatable bonds is 15. The van der Waals surface area contributed by atoms with Crippen molar-refractivity contribution in [1.82, 2.24) is 9.80 Å². The lowest BCUT2D eigenvalue weighted by Crippen LogP contribution is -2.69. The van der Waals surface area contributed by atoms with Gasteiger partial charge in [0.15, 0.2) is 14.1 Å². The molecule has 6 rings (SSSR count). The molecule has 2 saturated heterocycles. The van der Waals surface area contributed by atoms with Crippen LogP contribution < -0.4 is 20.7 Å². The van der Waals surface area contributed by atoms with Crippen LogP contribution in [-0.2, 0) is 18.8 Å². The van der Waals surface area contributed by atoms with Crippen molar-refractivity contribution in [2.45, 2.75) is 45.1 Å². The molecule has 0 aromatic heterocycles. The molecule has 2 aliphatic heterocycles. The van der Waals surface area contributed by atoms with E-state index in [2.05, 4.69) is 24.5 Å². The molecule has 0 unspecified atom stereocenters. The Kier molecular flexibility index (Phi) is 12.2. The number of carboxylic acid groups (broad SMARTS) is 1. The number of aliphatic carboxylic acids is 1. The molecule has 53 heavy (non-hydrogen) atoms. The van der Waals surface area contributed by atoms with Crippen LogP contribution in [0.3, 0.4) is 0 Å². The highest BCUT2D eigenvalue weighted by Gasteiger charge is 2.56. The minimum atomic E-state index is -3.20. The van der Waals surface area contributed by atoms with Gasteiger partial charge in [-0.15, -0.1) is 0 Å². The molecule has 11 heteroatoms. The van der Waals surface area contributed by atoms with E-state index in [0.717, 1.165) is 48.8 Å². The number of β-lactam (4-membered cyclic amide) rings is 1. The Hall–Kier alpha value is -4.31. The first-order valence-corrected chi connectivity index (χ1v) is 23.4. The molecule has 0 saturated carbocycles. The Labute approximate surface area is 313 Å². The molecule has 0 spiro atoms. The van der Waals surface area contributed by atoms with Crippen molar-refractivity contribution in [1.29, 1.82) is 0 Å². The lowest BCUT2D eigenvalue weighted by molar-refractivity contribution is -0.155. The summed E-state index contributed by atoms with van der Waals surface area (Å²) >= 11 is 0. The van der Waals surface area contributed by atoms with E-state index in [0.29, 0.717) is 17.9 Å². The molecular weight excluding hydrogens is 704 g/mol. The number of carbonyl (C=O) groups is 3. The third kappa shape index (κ3) is 8.43. The van der Waals surface area contributed by atoms with E-state index in [1.54, 1.807) is 24.3 Å². The predicted molar refractivity (Wildman–Crippen MR) is 214 cm³/mol. The summed E-state index contributed by atoms with van der Waals surface area (Å²) in [4.78, 5) is 46.4. The molecule has 4 aromatic carbocycles. The smallest absolute Gasteiger partial charge is 0.353 e. The Morgan fingerprint density at radius 3 is 1.81 bits per heavy atom. The average molecular weight is 753 g/mol. The van der Waals surface area contributed by atoms with E-state index in [1.165, 1.54) is 4.90 Å². The standard InChI is InChI=1S/C42H49N2O7PSi/c1-31(51-53(2,3)4)39-37(30-38(45)32-20-22-33(23-21-32)50-29-26-43-24-27-49-28-25-43)44(40(39)46)41(42(47)48)52(34-14-8-5-9-15-34,35-16-10-6-11-17-35)36-18-12-7-13-19-36/h5-23,31,37,39H,24-30H2,1-4H3,(H,47,48)/t31-,37-,39-/m1/s1. The lowest BCUT2D eigenvalue weighted by atomic mass is 9.79. The molecule has 2 heterocycles. The van der Waals surface area contributed by atoms with E-state index < -0.39 is 39.2 Å². The van der Waals surface area contributed by atoms with Gasteiger partial charge in [0, 0.05) is 38.5 Å². The highest BCUT2D eigenvalue weighted by Crippen LogP contribution is 2.50. The summed E-state index contributed by atoms with van der Waals surface area (Å²) in [6, 6.07) is 35.1. The van der Waals surface area contributed by atoms with Gasteiger partial charge in [-0.3, -0.25) is 14.5 Å². The third-order valence-corrected chi connectivity index (χ3v) is 15.2. The molecule has 1 N–H and O–H groups in total. The lowest BCUT2D eigenvalue weighted by Gasteiger charge is -2.51. The molecule has 4 aromatic rings. The van der Waals surface area contributed by atoms with Crippen LogP contribution in [0.2, 0.25) is 19.6 Å². The van der Waals surface area contributed by atoms with E-state index in [4.69, 9.17) is 13.9 Å². The minimum Gasteiger partial charge on any atom is -0.492 e. The van der Waals surface area contributed by atoms with Crippen LogP contribution in [0, 0.1) is 5.92 Å². The number of likely N-dealkylation sites (tertiary alicyclic amines) is 1. The second-order valence-electron chi connectivity index (χ2n) is 14.5. The fraction of sp³-hybridized carbons (Fsp3) is 0.333. The van der Waals surface area contributed by atoms with Crippen LogP contribution in [0.4, 0.5) is 0 Å². The summed E-state index contributed by atoms with van der Waals surface area (Å²) in [5, 5.41) is 13.8. The number of morpholine rings is 1. The van der Waals surface area contributed by atoms with Gasteiger partial charge in [-0.1, -0.05) is 91.0 Å². The summed E-state index contributed by atoms with van der Waals surface area (Å²) in [6.45, 7) is 9.35. The van der Waals surface area contributed by atoms with Crippen molar-refractivity contribution in [2.24, 2.45) is 5.92 Å². The molecule has 2 fully saturated rings. The predicted octanol–water partition coefficient (Wildman–Crippen LogP) is 5.25. The topological polar surface area (TPSA) is 106 Å². The quantitative estimate of drug-likeness (QED) is 0.0761. The summed E-state index contributed by atoms with van der Waals surface area (Å²) < 4.78 is 17.9. The molecule has 9 nitrogen and oxygen atoms in total. The maximum Gasteiger partial charge on any atom is 0.353 e. The Morgan fingerprint density at radius 2 is 1.34 bits per heavy atom.